The minimum Gasteiger partial charge on any atom is -0.390 e. The molecule has 1 saturated heterocycles. The number of morpholine rings is 1. The van der Waals surface area contributed by atoms with Crippen molar-refractivity contribution < 1.29 is 9.84 Å². The van der Waals surface area contributed by atoms with Gasteiger partial charge in [0.25, 0.3) is 0 Å². The number of nitrogens with zero attached hydrogens (tertiary/aromatic N) is 3. The van der Waals surface area contributed by atoms with E-state index in [-0.39, 0.29) is 6.10 Å². The van der Waals surface area contributed by atoms with Crippen LogP contribution in [0.3, 0.4) is 0 Å². The van der Waals surface area contributed by atoms with Gasteiger partial charge in [-0.3, -0.25) is 14.8 Å². The van der Waals surface area contributed by atoms with E-state index >= 15 is 0 Å². The third-order valence-corrected chi connectivity index (χ3v) is 3.73. The van der Waals surface area contributed by atoms with Gasteiger partial charge in [-0.2, -0.15) is 0 Å². The third kappa shape index (κ3) is 5.00. The van der Waals surface area contributed by atoms with E-state index in [9.17, 15) is 5.11 Å². The zero-order chi connectivity index (χ0) is 14.4. The number of halogens is 1. The zero-order valence-corrected chi connectivity index (χ0v) is 12.6. The molecule has 0 spiro atoms. The predicted octanol–water partition coefficient (Wildman–Crippen LogP) is 0.860. The molecule has 1 aliphatic heterocycles. The average molecular weight is 300 g/mol. The highest BCUT2D eigenvalue weighted by atomic mass is 35.5. The highest BCUT2D eigenvalue weighted by Gasteiger charge is 2.16. The van der Waals surface area contributed by atoms with Crippen molar-refractivity contribution in [2.75, 3.05) is 46.4 Å². The number of aliphatic hydroxyl groups excluding tert-OH is 1. The van der Waals surface area contributed by atoms with Crippen molar-refractivity contribution in [3.63, 3.8) is 0 Å². The van der Waals surface area contributed by atoms with Crippen LogP contribution in [0.4, 0.5) is 0 Å². The number of likely N-dealkylation sites (N-methyl/N-ethyl adjacent to an activating group) is 1. The smallest absolute Gasteiger partial charge is 0.0793 e. The van der Waals surface area contributed by atoms with Crippen molar-refractivity contribution in [2.45, 2.75) is 12.6 Å². The summed E-state index contributed by atoms with van der Waals surface area (Å²) >= 11 is 6.09. The Labute approximate surface area is 125 Å². The first-order valence-electron chi connectivity index (χ1n) is 6.90. The molecule has 6 heteroatoms. The molecule has 2 rings (SSSR count). The quantitative estimate of drug-likeness (QED) is 0.844. The molecule has 1 N–H and O–H groups in total. The van der Waals surface area contributed by atoms with Crippen LogP contribution in [0, 0.1) is 0 Å². The monoisotopic (exact) mass is 299 g/mol. The van der Waals surface area contributed by atoms with Crippen molar-refractivity contribution in [1.29, 1.82) is 0 Å². The maximum absolute atomic E-state index is 10.1. The summed E-state index contributed by atoms with van der Waals surface area (Å²) < 4.78 is 5.30. The van der Waals surface area contributed by atoms with Crippen LogP contribution in [-0.2, 0) is 11.3 Å². The molecule has 5 nitrogen and oxygen atoms in total. The Hall–Kier alpha value is -0.720. The topological polar surface area (TPSA) is 48.8 Å². The summed E-state index contributed by atoms with van der Waals surface area (Å²) in [5.41, 5.74) is 1.03. The van der Waals surface area contributed by atoms with Gasteiger partial charge in [-0.25, -0.2) is 0 Å². The molecule has 1 aromatic heterocycles. The molecule has 20 heavy (non-hydrogen) atoms. The van der Waals surface area contributed by atoms with Crippen molar-refractivity contribution >= 4 is 11.6 Å². The molecule has 1 atom stereocenters. The number of ether oxygens (including phenoxy) is 1. The lowest BCUT2D eigenvalue weighted by atomic mass is 10.2. The summed E-state index contributed by atoms with van der Waals surface area (Å²) in [6.07, 6.45) is 3.02. The number of hydrogen-bond acceptors (Lipinski definition) is 5. The van der Waals surface area contributed by atoms with Gasteiger partial charge in [0.05, 0.1) is 24.3 Å². The van der Waals surface area contributed by atoms with Crippen molar-refractivity contribution in [3.05, 3.63) is 29.0 Å². The third-order valence-electron chi connectivity index (χ3n) is 3.39. The second-order valence-corrected chi connectivity index (χ2v) is 5.64. The van der Waals surface area contributed by atoms with Crippen LogP contribution in [0.1, 0.15) is 5.56 Å². The second-order valence-electron chi connectivity index (χ2n) is 5.23. The fraction of sp³-hybridized carbons (Fsp3) is 0.643. The minimum atomic E-state index is -0.362. The van der Waals surface area contributed by atoms with Crippen LogP contribution < -0.4 is 0 Å². The molecule has 0 radical (unpaired) electrons. The largest absolute Gasteiger partial charge is 0.390 e. The summed E-state index contributed by atoms with van der Waals surface area (Å²) in [5.74, 6) is 0. The lowest BCUT2D eigenvalue weighted by Crippen LogP contribution is -2.43. The van der Waals surface area contributed by atoms with E-state index in [0.717, 1.165) is 31.9 Å². The Morgan fingerprint density at radius 2 is 2.25 bits per heavy atom. The second kappa shape index (κ2) is 7.90. The highest BCUT2D eigenvalue weighted by Crippen LogP contribution is 2.15. The Balaban J connectivity index is 1.75. The number of hydrogen-bond donors (Lipinski definition) is 1. The van der Waals surface area contributed by atoms with Crippen LogP contribution in [0.2, 0.25) is 5.02 Å². The average Bonchev–Trinajstić information content (AvgIpc) is 2.42. The van der Waals surface area contributed by atoms with Gasteiger partial charge < -0.3 is 9.84 Å². The van der Waals surface area contributed by atoms with Gasteiger partial charge in [0.1, 0.15) is 0 Å². The molecule has 1 fully saturated rings. The van der Waals surface area contributed by atoms with Crippen molar-refractivity contribution in [2.24, 2.45) is 0 Å². The molecule has 0 aromatic carbocycles. The van der Waals surface area contributed by atoms with Crippen molar-refractivity contribution in [3.8, 4) is 0 Å². The van der Waals surface area contributed by atoms with E-state index in [0.29, 0.717) is 24.7 Å². The van der Waals surface area contributed by atoms with Gasteiger partial charge in [-0.1, -0.05) is 11.6 Å². The van der Waals surface area contributed by atoms with E-state index in [2.05, 4.69) is 14.8 Å². The molecular formula is C14H22ClN3O2. The maximum Gasteiger partial charge on any atom is 0.0793 e. The van der Waals surface area contributed by atoms with Gasteiger partial charge in [-0.05, 0) is 18.7 Å². The SMILES string of the molecule is CN(Cc1ccncc1Cl)CC(O)CN1CCOCC1. The predicted molar refractivity (Wildman–Crippen MR) is 78.8 cm³/mol. The zero-order valence-electron chi connectivity index (χ0n) is 11.8. The van der Waals surface area contributed by atoms with E-state index in [4.69, 9.17) is 16.3 Å². The van der Waals surface area contributed by atoms with Crippen molar-refractivity contribution in [1.82, 2.24) is 14.8 Å². The van der Waals surface area contributed by atoms with Gasteiger partial charge in [0.15, 0.2) is 0 Å². The normalized spacial score (nSPS) is 18.4. The highest BCUT2D eigenvalue weighted by molar-refractivity contribution is 6.31. The molecule has 1 aromatic rings. The van der Waals surface area contributed by atoms with Gasteiger partial charge in [0, 0.05) is 45.1 Å². The van der Waals surface area contributed by atoms with Gasteiger partial charge in [0.2, 0.25) is 0 Å². The molecule has 0 aliphatic carbocycles. The molecule has 0 saturated carbocycles. The lowest BCUT2D eigenvalue weighted by Gasteiger charge is -2.30. The number of aliphatic hydroxyl groups is 1. The van der Waals surface area contributed by atoms with Crippen LogP contribution in [0.25, 0.3) is 0 Å². The number of β-amino-alcohol motifs (C(OH)–C–C–N with tert-alkyl or cyclic N) is 1. The molecule has 112 valence electrons. The summed E-state index contributed by atoms with van der Waals surface area (Å²) in [4.78, 5) is 8.29. The van der Waals surface area contributed by atoms with Crippen LogP contribution in [0.5, 0.6) is 0 Å². The first-order valence-corrected chi connectivity index (χ1v) is 7.28. The number of aromatic nitrogens is 1. The standard InChI is InChI=1S/C14H22ClN3O2/c1-17(9-12-2-3-16-8-14(12)15)10-13(19)11-18-4-6-20-7-5-18/h2-3,8,13,19H,4-7,9-11H2,1H3. The Bertz CT molecular complexity index is 413. The molecular weight excluding hydrogens is 278 g/mol. The Morgan fingerprint density at radius 1 is 1.50 bits per heavy atom. The molecule has 0 amide bonds. The maximum atomic E-state index is 10.1. The fourth-order valence-electron chi connectivity index (χ4n) is 2.39. The van der Waals surface area contributed by atoms with E-state index < -0.39 is 0 Å². The van der Waals surface area contributed by atoms with Crippen LogP contribution in [-0.4, -0.2) is 72.4 Å². The molecule has 2 heterocycles. The van der Waals surface area contributed by atoms with Crippen LogP contribution in [0.15, 0.2) is 18.5 Å². The number of rotatable bonds is 6. The summed E-state index contributed by atoms with van der Waals surface area (Å²) in [5, 5.41) is 10.8. The summed E-state index contributed by atoms with van der Waals surface area (Å²) in [6.45, 7) is 5.34. The Morgan fingerprint density at radius 3 is 2.95 bits per heavy atom. The number of pyridine rings is 1. The van der Waals surface area contributed by atoms with E-state index in [1.165, 1.54) is 0 Å². The fourth-order valence-corrected chi connectivity index (χ4v) is 2.57. The van der Waals surface area contributed by atoms with Gasteiger partial charge in [-0.15, -0.1) is 0 Å². The first kappa shape index (κ1) is 15.7. The molecule has 1 unspecified atom stereocenters. The molecule has 1 aliphatic rings. The van der Waals surface area contributed by atoms with Gasteiger partial charge >= 0.3 is 0 Å². The van der Waals surface area contributed by atoms with Crippen LogP contribution >= 0.6 is 11.6 Å². The van der Waals surface area contributed by atoms with E-state index in [1.54, 1.807) is 12.4 Å². The Kier molecular flexibility index (Phi) is 6.19. The summed E-state index contributed by atoms with van der Waals surface area (Å²) in [7, 11) is 1.99. The lowest BCUT2D eigenvalue weighted by molar-refractivity contribution is 0.00825. The summed E-state index contributed by atoms with van der Waals surface area (Å²) in [6, 6.07) is 1.91. The molecule has 0 bridgehead atoms. The minimum absolute atomic E-state index is 0.362. The van der Waals surface area contributed by atoms with E-state index in [1.807, 2.05) is 13.1 Å². The first-order chi connectivity index (χ1) is 9.65.